The Morgan fingerprint density at radius 2 is 2.06 bits per heavy atom. The fourth-order valence-electron chi connectivity index (χ4n) is 1.67. The Kier molecular flexibility index (Phi) is 3.23. The van der Waals surface area contributed by atoms with Gasteiger partial charge in [0.2, 0.25) is 0 Å². The number of halogens is 1. The molecule has 1 atom stereocenters. The van der Waals surface area contributed by atoms with E-state index in [1.54, 1.807) is 24.3 Å². The van der Waals surface area contributed by atoms with Crippen molar-refractivity contribution in [2.45, 2.75) is 6.10 Å². The van der Waals surface area contributed by atoms with Gasteiger partial charge in [-0.2, -0.15) is 13.2 Å². The molecule has 2 rings (SSSR count). The quantitative estimate of drug-likeness (QED) is 0.502. The zero-order valence-electron chi connectivity index (χ0n) is 8.82. The minimum atomic E-state index is -4.23. The summed E-state index contributed by atoms with van der Waals surface area (Å²) in [5, 5.41) is 9.86. The van der Waals surface area contributed by atoms with Crippen molar-refractivity contribution >= 4 is 31.5 Å². The maximum absolute atomic E-state index is 10.9. The summed E-state index contributed by atoms with van der Waals surface area (Å²) in [5.41, 5.74) is 9.34. The average molecular weight is 287 g/mol. The zero-order valence-corrected chi connectivity index (χ0v) is 10.4. The predicted molar refractivity (Wildman–Crippen MR) is 63.9 cm³/mol. The molecule has 94 valence electrons. The molecule has 0 bridgehead atoms. The predicted octanol–water partition coefficient (Wildman–Crippen LogP) is 1.25. The van der Waals surface area contributed by atoms with Crippen molar-refractivity contribution < 1.29 is 22.5 Å². The van der Waals surface area contributed by atoms with Crippen LogP contribution in [0.4, 0.5) is 0 Å². The molecule has 0 fully saturated rings. The second-order valence-electron chi connectivity index (χ2n) is 3.50. The standard InChI is InChI=1S/C10H7ClN2O4S/c11-18(15,16)17-9-5-8(13-12)10(14)7-4-2-1-3-6(7)9/h1-5,10,14H. The molecule has 8 heteroatoms. The summed E-state index contributed by atoms with van der Waals surface area (Å²) in [6, 6.07) is 6.41. The topological polar surface area (TPSA) is 100 Å². The maximum Gasteiger partial charge on any atom is 0.401 e. The van der Waals surface area contributed by atoms with Crippen LogP contribution in [0, 0.1) is 0 Å². The number of hydrogen-bond acceptors (Lipinski definition) is 4. The third-order valence-corrected chi connectivity index (χ3v) is 2.95. The van der Waals surface area contributed by atoms with E-state index < -0.39 is 15.4 Å². The van der Waals surface area contributed by atoms with Gasteiger partial charge in [-0.05, 0) is 0 Å². The van der Waals surface area contributed by atoms with Gasteiger partial charge in [-0.1, -0.05) is 24.3 Å². The van der Waals surface area contributed by atoms with E-state index in [-0.39, 0.29) is 11.5 Å². The van der Waals surface area contributed by atoms with Gasteiger partial charge in [0.15, 0.2) is 11.9 Å². The van der Waals surface area contributed by atoms with E-state index in [1.165, 1.54) is 0 Å². The third-order valence-electron chi connectivity index (χ3n) is 2.38. The lowest BCUT2D eigenvalue weighted by Crippen LogP contribution is -2.19. The first-order chi connectivity index (χ1) is 8.42. The van der Waals surface area contributed by atoms with Gasteiger partial charge in [0.25, 0.3) is 0 Å². The van der Waals surface area contributed by atoms with Crippen molar-refractivity contribution in [1.82, 2.24) is 0 Å². The second-order valence-corrected chi connectivity index (χ2v) is 5.59. The monoisotopic (exact) mass is 286 g/mol. The molecular formula is C10H7ClN2O4S. The highest BCUT2D eigenvalue weighted by atomic mass is 35.7. The Balaban J connectivity index is 2.61. The van der Waals surface area contributed by atoms with Crippen molar-refractivity contribution in [3.05, 3.63) is 47.0 Å². The van der Waals surface area contributed by atoms with Crippen LogP contribution in [0.15, 0.2) is 30.3 Å². The van der Waals surface area contributed by atoms with E-state index in [2.05, 4.69) is 8.97 Å². The van der Waals surface area contributed by atoms with Gasteiger partial charge >= 0.3 is 15.0 Å². The first-order valence-electron chi connectivity index (χ1n) is 4.77. The Morgan fingerprint density at radius 3 is 2.67 bits per heavy atom. The second kappa shape index (κ2) is 4.55. The molecule has 1 aliphatic rings. The molecule has 0 radical (unpaired) electrons. The Morgan fingerprint density at radius 1 is 1.39 bits per heavy atom. The summed E-state index contributed by atoms with van der Waals surface area (Å²) in [7, 11) is 0.775. The van der Waals surface area contributed by atoms with Crippen LogP contribution in [-0.2, 0) is 13.5 Å². The molecule has 1 aromatic carbocycles. The number of fused-ring (bicyclic) bond motifs is 1. The largest absolute Gasteiger partial charge is 0.401 e. The Bertz CT molecular complexity index is 677. The van der Waals surface area contributed by atoms with Gasteiger partial charge < -0.3 is 14.8 Å². The van der Waals surface area contributed by atoms with E-state index in [9.17, 15) is 13.5 Å². The maximum atomic E-state index is 10.9. The zero-order chi connectivity index (χ0) is 13.3. The number of nitrogens with zero attached hydrogens (tertiary/aromatic N) is 2. The number of hydrogen-bond donors (Lipinski definition) is 1. The van der Waals surface area contributed by atoms with Crippen LogP contribution in [0.5, 0.6) is 0 Å². The molecule has 0 aromatic heterocycles. The van der Waals surface area contributed by atoms with Crippen LogP contribution >= 0.6 is 10.7 Å². The molecule has 18 heavy (non-hydrogen) atoms. The molecule has 0 heterocycles. The third kappa shape index (κ3) is 2.44. The average Bonchev–Trinajstić information content (AvgIpc) is 2.31. The number of aliphatic hydroxyl groups excluding tert-OH is 1. The highest BCUT2D eigenvalue weighted by molar-refractivity contribution is 8.10. The minimum Gasteiger partial charge on any atom is -0.376 e. The number of rotatable bonds is 2. The lowest BCUT2D eigenvalue weighted by Gasteiger charge is -2.17. The van der Waals surface area contributed by atoms with Crippen molar-refractivity contribution in [3.8, 4) is 0 Å². The summed E-state index contributed by atoms with van der Waals surface area (Å²) in [4.78, 5) is 2.88. The van der Waals surface area contributed by atoms with Gasteiger partial charge in [-0.25, -0.2) is 0 Å². The molecule has 0 spiro atoms. The van der Waals surface area contributed by atoms with Gasteiger partial charge in [0, 0.05) is 11.1 Å². The van der Waals surface area contributed by atoms with E-state index in [4.69, 9.17) is 16.2 Å². The molecule has 0 saturated carbocycles. The summed E-state index contributed by atoms with van der Waals surface area (Å²) < 4.78 is 26.4. The van der Waals surface area contributed by atoms with Crippen molar-refractivity contribution in [1.29, 1.82) is 0 Å². The van der Waals surface area contributed by atoms with Crippen LogP contribution in [0.3, 0.4) is 0 Å². The van der Waals surface area contributed by atoms with Crippen molar-refractivity contribution in [2.24, 2.45) is 0 Å². The summed E-state index contributed by atoms with van der Waals surface area (Å²) in [5.74, 6) is -0.112. The first kappa shape index (κ1) is 12.8. The van der Waals surface area contributed by atoms with Crippen molar-refractivity contribution in [2.75, 3.05) is 0 Å². The first-order valence-corrected chi connectivity index (χ1v) is 7.01. The highest BCUT2D eigenvalue weighted by Crippen LogP contribution is 2.32. The molecule has 1 N–H and O–H groups in total. The lowest BCUT2D eigenvalue weighted by molar-refractivity contribution is -0.0190. The Labute approximate surface area is 107 Å². The van der Waals surface area contributed by atoms with Crippen LogP contribution < -0.4 is 0 Å². The van der Waals surface area contributed by atoms with Crippen LogP contribution in [0.1, 0.15) is 17.2 Å². The lowest BCUT2D eigenvalue weighted by atomic mass is 9.92. The fourth-order valence-corrected chi connectivity index (χ4v) is 2.23. The highest BCUT2D eigenvalue weighted by Gasteiger charge is 2.32. The fraction of sp³-hybridized carbons (Fsp3) is 0.100. The van der Waals surface area contributed by atoms with E-state index in [0.29, 0.717) is 11.1 Å². The Hall–Kier alpha value is -1.66. The number of aliphatic hydroxyl groups is 1. The molecule has 1 aliphatic carbocycles. The minimum absolute atomic E-state index is 0.112. The SMILES string of the molecule is [N-]=[N+]=C1C=C(OS(=O)(=O)Cl)c2ccccc2C1O. The molecule has 6 nitrogen and oxygen atoms in total. The van der Waals surface area contributed by atoms with Gasteiger partial charge in [0.1, 0.15) is 0 Å². The summed E-state index contributed by atoms with van der Waals surface area (Å²) in [6.45, 7) is 0. The normalized spacial score (nSPS) is 18.7. The smallest absolute Gasteiger partial charge is 0.376 e. The van der Waals surface area contributed by atoms with E-state index in [1.807, 2.05) is 0 Å². The van der Waals surface area contributed by atoms with Gasteiger partial charge in [-0.3, -0.25) is 0 Å². The molecule has 0 aliphatic heterocycles. The van der Waals surface area contributed by atoms with Crippen LogP contribution in [-0.4, -0.2) is 24.0 Å². The van der Waals surface area contributed by atoms with Crippen LogP contribution in [0.2, 0.25) is 0 Å². The number of benzene rings is 1. The molecule has 1 aromatic rings. The summed E-state index contributed by atoms with van der Waals surface area (Å²) in [6.07, 6.45) is -0.0518. The molecular weight excluding hydrogens is 280 g/mol. The molecule has 0 saturated heterocycles. The molecule has 1 unspecified atom stereocenters. The van der Waals surface area contributed by atoms with Crippen LogP contribution in [0.25, 0.3) is 11.3 Å². The summed E-state index contributed by atoms with van der Waals surface area (Å²) >= 11 is 0. The van der Waals surface area contributed by atoms with E-state index >= 15 is 0 Å². The van der Waals surface area contributed by atoms with Gasteiger partial charge in [-0.15, -0.1) is 0 Å². The van der Waals surface area contributed by atoms with E-state index in [0.717, 1.165) is 6.08 Å². The van der Waals surface area contributed by atoms with Crippen molar-refractivity contribution in [3.63, 3.8) is 0 Å². The van der Waals surface area contributed by atoms with Gasteiger partial charge in [0.05, 0.1) is 16.8 Å². The molecule has 0 amide bonds.